The van der Waals surface area contributed by atoms with Crippen LogP contribution in [0.4, 0.5) is 5.82 Å². The highest BCUT2D eigenvalue weighted by atomic mass is 16.1. The van der Waals surface area contributed by atoms with Gasteiger partial charge in [-0.1, -0.05) is 0 Å². The van der Waals surface area contributed by atoms with E-state index >= 15 is 0 Å². The number of pyridine rings is 2. The van der Waals surface area contributed by atoms with Crippen molar-refractivity contribution >= 4 is 22.8 Å². The molecule has 7 nitrogen and oxygen atoms in total. The van der Waals surface area contributed by atoms with Crippen molar-refractivity contribution in [2.75, 3.05) is 5.32 Å². The molecule has 118 valence electrons. The maximum atomic E-state index is 11.3. The number of nitrogens with one attached hydrogen (secondary N) is 3. The fourth-order valence-electron chi connectivity index (χ4n) is 2.74. The molecule has 0 fully saturated rings. The van der Waals surface area contributed by atoms with E-state index in [0.717, 1.165) is 33.4 Å². The smallest absolute Gasteiger partial charge is 0.222 e. The molecule has 0 radical (unpaired) electrons. The number of aromatic nitrogens is 5. The average Bonchev–Trinajstić information content (AvgIpc) is 3.21. The zero-order valence-corrected chi connectivity index (χ0v) is 12.9. The number of nitrogens with zero attached hydrogens (tertiary/aromatic N) is 3. The summed E-state index contributed by atoms with van der Waals surface area (Å²) in [5.41, 5.74) is 5.50. The number of aromatic amines is 2. The third-order valence-electron chi connectivity index (χ3n) is 3.69. The highest BCUT2D eigenvalue weighted by molar-refractivity contribution is 6.01. The van der Waals surface area contributed by atoms with Crippen LogP contribution in [0.15, 0.2) is 49.1 Å². The highest BCUT2D eigenvalue weighted by Gasteiger charge is 2.17. The largest absolute Gasteiger partial charge is 0.353 e. The monoisotopic (exact) mass is 318 g/mol. The molecular formula is C17H14N6O. The van der Waals surface area contributed by atoms with Crippen molar-refractivity contribution in [3.05, 3.63) is 49.1 Å². The summed E-state index contributed by atoms with van der Waals surface area (Å²) in [6, 6.07) is 7.58. The van der Waals surface area contributed by atoms with Crippen LogP contribution in [0.5, 0.6) is 0 Å². The van der Waals surface area contributed by atoms with Crippen molar-refractivity contribution in [3.63, 3.8) is 0 Å². The molecule has 4 rings (SSSR count). The molecule has 4 aromatic rings. The Bertz CT molecular complexity index is 1020. The molecule has 0 unspecified atom stereocenters. The molecule has 0 aromatic carbocycles. The predicted octanol–water partition coefficient (Wildman–Crippen LogP) is 2.97. The maximum absolute atomic E-state index is 11.3. The minimum atomic E-state index is -0.159. The van der Waals surface area contributed by atoms with E-state index in [4.69, 9.17) is 0 Å². The molecule has 0 aliphatic carbocycles. The Hall–Kier alpha value is -3.48. The second kappa shape index (κ2) is 5.62. The van der Waals surface area contributed by atoms with Gasteiger partial charge in [0.2, 0.25) is 5.91 Å². The highest BCUT2D eigenvalue weighted by Crippen LogP contribution is 2.37. The summed E-state index contributed by atoms with van der Waals surface area (Å²) in [6.45, 7) is 1.46. The van der Waals surface area contributed by atoms with Gasteiger partial charge in [0.05, 0.1) is 22.9 Å². The Labute approximate surface area is 137 Å². The normalized spacial score (nSPS) is 10.9. The Morgan fingerprint density at radius 1 is 1.17 bits per heavy atom. The van der Waals surface area contributed by atoms with Gasteiger partial charge >= 0.3 is 0 Å². The number of anilines is 1. The maximum Gasteiger partial charge on any atom is 0.222 e. The topological polar surface area (TPSA) is 99.4 Å². The molecule has 0 aliphatic heterocycles. The van der Waals surface area contributed by atoms with Crippen LogP contribution >= 0.6 is 0 Å². The second-order valence-corrected chi connectivity index (χ2v) is 5.37. The van der Waals surface area contributed by atoms with Gasteiger partial charge in [-0.05, 0) is 24.3 Å². The molecule has 0 saturated carbocycles. The van der Waals surface area contributed by atoms with Gasteiger partial charge in [-0.2, -0.15) is 5.10 Å². The summed E-state index contributed by atoms with van der Waals surface area (Å²) in [5, 5.41) is 9.58. The fraction of sp³-hybridized carbons (Fsp3) is 0.0588. The first-order valence-electron chi connectivity index (χ1n) is 7.42. The van der Waals surface area contributed by atoms with E-state index in [0.29, 0.717) is 5.82 Å². The second-order valence-electron chi connectivity index (χ2n) is 5.37. The Morgan fingerprint density at radius 2 is 2.08 bits per heavy atom. The third kappa shape index (κ3) is 2.41. The number of H-pyrrole nitrogens is 2. The Morgan fingerprint density at radius 3 is 2.88 bits per heavy atom. The van der Waals surface area contributed by atoms with E-state index in [9.17, 15) is 4.79 Å². The number of hydrogen-bond donors (Lipinski definition) is 3. The molecule has 4 aromatic heterocycles. The summed E-state index contributed by atoms with van der Waals surface area (Å²) in [5.74, 6) is 0.345. The zero-order valence-electron chi connectivity index (χ0n) is 12.9. The first-order chi connectivity index (χ1) is 11.7. The van der Waals surface area contributed by atoms with Gasteiger partial charge in [0, 0.05) is 42.2 Å². The molecule has 0 saturated heterocycles. The van der Waals surface area contributed by atoms with Crippen molar-refractivity contribution in [1.82, 2.24) is 25.1 Å². The Balaban J connectivity index is 1.94. The van der Waals surface area contributed by atoms with Gasteiger partial charge in [0.1, 0.15) is 5.82 Å². The molecule has 0 bridgehead atoms. The number of carbonyl (C=O) groups excluding carboxylic acids is 1. The number of fused-ring (bicyclic) bond motifs is 1. The summed E-state index contributed by atoms with van der Waals surface area (Å²) in [4.78, 5) is 23.3. The van der Waals surface area contributed by atoms with E-state index in [-0.39, 0.29) is 5.91 Å². The lowest BCUT2D eigenvalue weighted by Crippen LogP contribution is -2.07. The number of carbonyl (C=O) groups is 1. The van der Waals surface area contributed by atoms with Crippen LogP contribution in [0.3, 0.4) is 0 Å². The minimum absolute atomic E-state index is 0.159. The average molecular weight is 318 g/mol. The van der Waals surface area contributed by atoms with E-state index in [1.54, 1.807) is 18.6 Å². The molecule has 0 atom stereocenters. The lowest BCUT2D eigenvalue weighted by atomic mass is 10.0. The fourth-order valence-corrected chi connectivity index (χ4v) is 2.74. The number of rotatable bonds is 3. The molecule has 4 heterocycles. The first-order valence-corrected chi connectivity index (χ1v) is 7.42. The first kappa shape index (κ1) is 14.1. The lowest BCUT2D eigenvalue weighted by molar-refractivity contribution is -0.114. The molecule has 0 aliphatic rings. The Kier molecular flexibility index (Phi) is 3.31. The van der Waals surface area contributed by atoms with E-state index in [2.05, 4.69) is 30.5 Å². The van der Waals surface area contributed by atoms with E-state index in [1.165, 1.54) is 6.92 Å². The van der Waals surface area contributed by atoms with Gasteiger partial charge < -0.3 is 10.3 Å². The number of amides is 1. The summed E-state index contributed by atoms with van der Waals surface area (Å²) < 4.78 is 0. The van der Waals surface area contributed by atoms with Crippen LogP contribution in [0.25, 0.3) is 33.4 Å². The van der Waals surface area contributed by atoms with Gasteiger partial charge in [0.25, 0.3) is 0 Å². The summed E-state index contributed by atoms with van der Waals surface area (Å²) >= 11 is 0. The molecule has 0 spiro atoms. The molecule has 7 heteroatoms. The summed E-state index contributed by atoms with van der Waals surface area (Å²) in [7, 11) is 0. The van der Waals surface area contributed by atoms with Crippen molar-refractivity contribution in [2.45, 2.75) is 6.92 Å². The standard InChI is InChI=1S/C17H14N6O/c1-10(24)22-14-7-11(4-6-18-14)16-15(12-8-20-21-9-12)17-13(23-16)3-2-5-19-17/h2-9,23H,1H3,(H,20,21)(H,18,22,24). The van der Waals surface area contributed by atoms with Crippen LogP contribution < -0.4 is 5.32 Å². The van der Waals surface area contributed by atoms with Crippen LogP contribution in [0.1, 0.15) is 6.92 Å². The molecule has 1 amide bonds. The van der Waals surface area contributed by atoms with Gasteiger partial charge in [-0.25, -0.2) is 4.98 Å². The number of hydrogen-bond acceptors (Lipinski definition) is 4. The molecule has 3 N–H and O–H groups in total. The predicted molar refractivity (Wildman–Crippen MR) is 91.2 cm³/mol. The molecule has 24 heavy (non-hydrogen) atoms. The van der Waals surface area contributed by atoms with Crippen LogP contribution in [0, 0.1) is 0 Å². The lowest BCUT2D eigenvalue weighted by Gasteiger charge is -2.06. The zero-order chi connectivity index (χ0) is 16.5. The quantitative estimate of drug-likeness (QED) is 0.540. The third-order valence-corrected chi connectivity index (χ3v) is 3.69. The van der Waals surface area contributed by atoms with E-state index < -0.39 is 0 Å². The van der Waals surface area contributed by atoms with Crippen molar-refractivity contribution in [1.29, 1.82) is 0 Å². The van der Waals surface area contributed by atoms with E-state index in [1.807, 2.05) is 30.5 Å². The van der Waals surface area contributed by atoms with Crippen LogP contribution in [-0.2, 0) is 4.79 Å². The van der Waals surface area contributed by atoms with Gasteiger partial charge in [-0.3, -0.25) is 14.9 Å². The van der Waals surface area contributed by atoms with Crippen LogP contribution in [-0.4, -0.2) is 31.1 Å². The van der Waals surface area contributed by atoms with Gasteiger partial charge in [-0.15, -0.1) is 0 Å². The molecular weight excluding hydrogens is 304 g/mol. The minimum Gasteiger partial charge on any atom is -0.353 e. The van der Waals surface area contributed by atoms with Crippen molar-refractivity contribution in [2.24, 2.45) is 0 Å². The van der Waals surface area contributed by atoms with Crippen LogP contribution in [0.2, 0.25) is 0 Å². The van der Waals surface area contributed by atoms with Crippen molar-refractivity contribution in [3.8, 4) is 22.4 Å². The van der Waals surface area contributed by atoms with Crippen molar-refractivity contribution < 1.29 is 4.79 Å². The summed E-state index contributed by atoms with van der Waals surface area (Å²) in [6.07, 6.45) is 7.02. The SMILES string of the molecule is CC(=O)Nc1cc(-c2[nH]c3cccnc3c2-c2cn[nH]c2)ccn1. The van der Waals surface area contributed by atoms with Gasteiger partial charge in [0.15, 0.2) is 0 Å².